The molecule has 1 amide bonds. The number of carbonyl (C=O) groups is 1. The molecular formula is C20H22N4O3S. The standard InChI is InChI=1S/C20H22N4O3S/c1-14-6-7-17(28-14)20(25)24-10-8-23(9-11-24)13-18-21-19(22-27-18)15-4-3-5-16(12-15)26-2/h3-7,12H,8-11,13H2,1-2H3. The molecule has 0 N–H and O–H groups in total. The number of ether oxygens (including phenoxy) is 1. The van der Waals surface area contributed by atoms with E-state index < -0.39 is 0 Å². The fourth-order valence-electron chi connectivity index (χ4n) is 3.20. The van der Waals surface area contributed by atoms with Crippen molar-refractivity contribution in [3.63, 3.8) is 0 Å². The van der Waals surface area contributed by atoms with Crippen molar-refractivity contribution in [2.45, 2.75) is 13.5 Å². The van der Waals surface area contributed by atoms with Crippen molar-refractivity contribution in [3.8, 4) is 17.1 Å². The lowest BCUT2D eigenvalue weighted by Gasteiger charge is -2.33. The van der Waals surface area contributed by atoms with Crippen LogP contribution in [-0.2, 0) is 6.54 Å². The number of carbonyl (C=O) groups excluding carboxylic acids is 1. The highest BCUT2D eigenvalue weighted by atomic mass is 32.1. The van der Waals surface area contributed by atoms with Crippen molar-refractivity contribution in [1.82, 2.24) is 19.9 Å². The second-order valence-electron chi connectivity index (χ2n) is 6.72. The summed E-state index contributed by atoms with van der Waals surface area (Å²) < 4.78 is 10.7. The smallest absolute Gasteiger partial charge is 0.264 e. The number of piperazine rings is 1. The van der Waals surface area contributed by atoms with E-state index in [9.17, 15) is 4.79 Å². The van der Waals surface area contributed by atoms with Gasteiger partial charge in [-0.1, -0.05) is 17.3 Å². The maximum absolute atomic E-state index is 12.6. The lowest BCUT2D eigenvalue weighted by atomic mass is 10.2. The number of hydrogen-bond acceptors (Lipinski definition) is 7. The molecule has 1 aliphatic rings. The molecule has 1 saturated heterocycles. The number of methoxy groups -OCH3 is 1. The second kappa shape index (κ2) is 8.12. The zero-order valence-corrected chi connectivity index (χ0v) is 16.7. The summed E-state index contributed by atoms with van der Waals surface area (Å²) in [6.45, 7) is 5.57. The lowest BCUT2D eigenvalue weighted by Crippen LogP contribution is -2.48. The summed E-state index contributed by atoms with van der Waals surface area (Å²) in [6, 6.07) is 11.5. The molecule has 3 heterocycles. The third kappa shape index (κ3) is 4.07. The molecule has 1 fully saturated rings. The maximum atomic E-state index is 12.6. The Kier molecular flexibility index (Phi) is 5.40. The quantitative estimate of drug-likeness (QED) is 0.658. The van der Waals surface area contributed by atoms with Gasteiger partial charge in [0.05, 0.1) is 18.5 Å². The number of thiophene rings is 1. The van der Waals surface area contributed by atoms with Gasteiger partial charge < -0.3 is 14.2 Å². The first-order valence-corrected chi connectivity index (χ1v) is 9.99. The van der Waals surface area contributed by atoms with Crippen LogP contribution in [0.4, 0.5) is 0 Å². The van der Waals surface area contributed by atoms with Gasteiger partial charge in [-0.05, 0) is 31.2 Å². The molecule has 7 nitrogen and oxygen atoms in total. The third-order valence-corrected chi connectivity index (χ3v) is 5.75. The number of nitrogens with zero attached hydrogens (tertiary/aromatic N) is 4. The van der Waals surface area contributed by atoms with E-state index in [2.05, 4.69) is 15.0 Å². The predicted octanol–water partition coefficient (Wildman–Crippen LogP) is 3.07. The van der Waals surface area contributed by atoms with E-state index in [0.717, 1.165) is 34.2 Å². The number of aromatic nitrogens is 2. The average molecular weight is 398 g/mol. The second-order valence-corrected chi connectivity index (χ2v) is 8.01. The fraction of sp³-hybridized carbons (Fsp3) is 0.350. The minimum Gasteiger partial charge on any atom is -0.497 e. The Morgan fingerprint density at radius 2 is 2.04 bits per heavy atom. The first-order chi connectivity index (χ1) is 13.6. The Balaban J connectivity index is 1.34. The van der Waals surface area contributed by atoms with E-state index in [1.165, 1.54) is 0 Å². The molecule has 0 bridgehead atoms. The van der Waals surface area contributed by atoms with Gasteiger partial charge >= 0.3 is 0 Å². The number of aryl methyl sites for hydroxylation is 1. The molecule has 2 aromatic heterocycles. The SMILES string of the molecule is COc1cccc(-c2noc(CN3CCN(C(=O)c4ccc(C)s4)CC3)n2)c1. The third-order valence-electron chi connectivity index (χ3n) is 4.77. The monoisotopic (exact) mass is 398 g/mol. The van der Waals surface area contributed by atoms with Crippen molar-refractivity contribution >= 4 is 17.2 Å². The Hall–Kier alpha value is -2.71. The van der Waals surface area contributed by atoms with Gasteiger partial charge in [-0.15, -0.1) is 11.3 Å². The van der Waals surface area contributed by atoms with E-state index in [1.807, 2.05) is 48.2 Å². The van der Waals surface area contributed by atoms with Crippen LogP contribution in [0.2, 0.25) is 0 Å². The van der Waals surface area contributed by atoms with Crippen LogP contribution < -0.4 is 4.74 Å². The Bertz CT molecular complexity index is 960. The summed E-state index contributed by atoms with van der Waals surface area (Å²) in [5.74, 6) is 2.00. The van der Waals surface area contributed by atoms with E-state index in [-0.39, 0.29) is 5.91 Å². The Morgan fingerprint density at radius 3 is 2.75 bits per heavy atom. The van der Waals surface area contributed by atoms with Crippen molar-refractivity contribution in [2.24, 2.45) is 0 Å². The Labute approximate surface area is 167 Å². The van der Waals surface area contributed by atoms with Crippen LogP contribution in [0.25, 0.3) is 11.4 Å². The molecule has 0 saturated carbocycles. The zero-order chi connectivity index (χ0) is 19.5. The van der Waals surface area contributed by atoms with Gasteiger partial charge in [-0.2, -0.15) is 4.98 Å². The summed E-state index contributed by atoms with van der Waals surface area (Å²) in [4.78, 5) is 23.2. The molecule has 146 valence electrons. The number of benzene rings is 1. The van der Waals surface area contributed by atoms with Crippen molar-refractivity contribution in [3.05, 3.63) is 52.0 Å². The van der Waals surface area contributed by atoms with Crippen LogP contribution in [0, 0.1) is 6.92 Å². The van der Waals surface area contributed by atoms with Crippen molar-refractivity contribution < 1.29 is 14.1 Å². The molecule has 3 aromatic rings. The number of amides is 1. The molecule has 28 heavy (non-hydrogen) atoms. The van der Waals surface area contributed by atoms with Gasteiger partial charge in [0.15, 0.2) is 0 Å². The van der Waals surface area contributed by atoms with Gasteiger partial charge in [-0.3, -0.25) is 9.69 Å². The van der Waals surface area contributed by atoms with Crippen LogP contribution in [0.5, 0.6) is 5.75 Å². The number of hydrogen-bond donors (Lipinski definition) is 0. The van der Waals surface area contributed by atoms with Gasteiger partial charge in [0.1, 0.15) is 5.75 Å². The topological polar surface area (TPSA) is 71.7 Å². The summed E-state index contributed by atoms with van der Waals surface area (Å²) >= 11 is 1.55. The maximum Gasteiger partial charge on any atom is 0.264 e. The summed E-state index contributed by atoms with van der Waals surface area (Å²) in [7, 11) is 1.63. The van der Waals surface area contributed by atoms with Crippen LogP contribution in [0.15, 0.2) is 40.9 Å². The van der Waals surface area contributed by atoms with Crippen LogP contribution >= 0.6 is 11.3 Å². The molecule has 4 rings (SSSR count). The Morgan fingerprint density at radius 1 is 1.21 bits per heavy atom. The van der Waals surface area contributed by atoms with E-state index in [4.69, 9.17) is 9.26 Å². The van der Waals surface area contributed by atoms with E-state index in [0.29, 0.717) is 31.3 Å². The summed E-state index contributed by atoms with van der Waals surface area (Å²) in [6.07, 6.45) is 0. The largest absolute Gasteiger partial charge is 0.497 e. The minimum absolute atomic E-state index is 0.121. The molecular weight excluding hydrogens is 376 g/mol. The normalized spacial score (nSPS) is 15.0. The molecule has 0 atom stereocenters. The average Bonchev–Trinajstić information content (AvgIpc) is 3.37. The first-order valence-electron chi connectivity index (χ1n) is 9.17. The van der Waals surface area contributed by atoms with E-state index in [1.54, 1.807) is 18.4 Å². The van der Waals surface area contributed by atoms with Gasteiger partial charge in [-0.25, -0.2) is 0 Å². The summed E-state index contributed by atoms with van der Waals surface area (Å²) in [5, 5.41) is 4.08. The van der Waals surface area contributed by atoms with Crippen LogP contribution in [0.1, 0.15) is 20.4 Å². The van der Waals surface area contributed by atoms with Crippen LogP contribution in [0.3, 0.4) is 0 Å². The van der Waals surface area contributed by atoms with Gasteiger partial charge in [0, 0.05) is 36.6 Å². The van der Waals surface area contributed by atoms with Crippen LogP contribution in [-0.4, -0.2) is 59.1 Å². The number of rotatable bonds is 5. The molecule has 0 radical (unpaired) electrons. The molecule has 1 aliphatic heterocycles. The zero-order valence-electron chi connectivity index (χ0n) is 15.9. The first kappa shape index (κ1) is 18.6. The predicted molar refractivity (Wildman–Crippen MR) is 107 cm³/mol. The molecule has 8 heteroatoms. The minimum atomic E-state index is 0.121. The van der Waals surface area contributed by atoms with Gasteiger partial charge in [0.25, 0.3) is 5.91 Å². The molecule has 1 aromatic carbocycles. The highest BCUT2D eigenvalue weighted by molar-refractivity contribution is 7.13. The summed E-state index contributed by atoms with van der Waals surface area (Å²) in [5.41, 5.74) is 0.857. The molecule has 0 spiro atoms. The van der Waals surface area contributed by atoms with Crippen molar-refractivity contribution in [2.75, 3.05) is 33.3 Å². The highest BCUT2D eigenvalue weighted by Crippen LogP contribution is 2.22. The van der Waals surface area contributed by atoms with Gasteiger partial charge in [0.2, 0.25) is 11.7 Å². The van der Waals surface area contributed by atoms with E-state index >= 15 is 0 Å². The lowest BCUT2D eigenvalue weighted by molar-refractivity contribution is 0.0620. The van der Waals surface area contributed by atoms with Crippen molar-refractivity contribution in [1.29, 1.82) is 0 Å². The molecule has 0 aliphatic carbocycles. The molecule has 0 unspecified atom stereocenters. The highest BCUT2D eigenvalue weighted by Gasteiger charge is 2.24. The fourth-order valence-corrected chi connectivity index (χ4v) is 4.04.